The number of amides is 1. The van der Waals surface area contributed by atoms with Crippen molar-refractivity contribution >= 4 is 33.0 Å². The maximum atomic E-state index is 12.9. The normalized spacial score (nSPS) is 15.1. The third kappa shape index (κ3) is 3.84. The number of carbonyl (C=O) groups excluding carboxylic acids is 1. The first kappa shape index (κ1) is 17.8. The van der Waals surface area contributed by atoms with Gasteiger partial charge in [-0.05, 0) is 42.1 Å². The van der Waals surface area contributed by atoms with Gasteiger partial charge in [0.2, 0.25) is 15.9 Å². The van der Waals surface area contributed by atoms with Crippen molar-refractivity contribution in [1.82, 2.24) is 4.31 Å². The molecule has 1 aromatic heterocycles. The van der Waals surface area contributed by atoms with Gasteiger partial charge < -0.3 is 4.90 Å². The van der Waals surface area contributed by atoms with Crippen molar-refractivity contribution in [3.63, 3.8) is 0 Å². The van der Waals surface area contributed by atoms with Crippen molar-refractivity contribution in [2.75, 3.05) is 18.0 Å². The van der Waals surface area contributed by atoms with E-state index in [4.69, 9.17) is 0 Å². The van der Waals surface area contributed by atoms with Crippen molar-refractivity contribution in [3.8, 4) is 0 Å². The van der Waals surface area contributed by atoms with Gasteiger partial charge in [-0.2, -0.15) is 4.31 Å². The summed E-state index contributed by atoms with van der Waals surface area (Å²) in [7, 11) is -3.63. The summed E-state index contributed by atoms with van der Waals surface area (Å²) in [6.45, 7) is 4.91. The fourth-order valence-corrected chi connectivity index (χ4v) is 5.03. The fourth-order valence-electron chi connectivity index (χ4n) is 2.84. The SMILES string of the molecule is C=CCN(Cc1cccs1)S(=O)(=O)c1ccc(N2CCCC2=O)cc1. The second kappa shape index (κ2) is 7.51. The number of sulfonamides is 1. The van der Waals surface area contributed by atoms with E-state index in [1.54, 1.807) is 35.2 Å². The Hall–Kier alpha value is -1.96. The van der Waals surface area contributed by atoms with Gasteiger partial charge in [-0.15, -0.1) is 17.9 Å². The Labute approximate surface area is 152 Å². The smallest absolute Gasteiger partial charge is 0.243 e. The molecule has 1 aromatic carbocycles. The molecular weight excluding hydrogens is 356 g/mol. The van der Waals surface area contributed by atoms with Crippen LogP contribution in [0.15, 0.2) is 59.3 Å². The number of hydrogen-bond donors (Lipinski definition) is 0. The van der Waals surface area contributed by atoms with Gasteiger partial charge in [-0.25, -0.2) is 8.42 Å². The molecular formula is C18H20N2O3S2. The fraction of sp³-hybridized carbons (Fsp3) is 0.278. The van der Waals surface area contributed by atoms with E-state index in [1.807, 2.05) is 17.5 Å². The molecule has 25 heavy (non-hydrogen) atoms. The zero-order valence-electron chi connectivity index (χ0n) is 13.8. The number of carbonyl (C=O) groups is 1. The highest BCUT2D eigenvalue weighted by molar-refractivity contribution is 7.89. The Morgan fingerprint density at radius 1 is 1.24 bits per heavy atom. The van der Waals surface area contributed by atoms with Crippen LogP contribution >= 0.6 is 11.3 Å². The second-order valence-corrected chi connectivity index (χ2v) is 8.78. The molecule has 1 amide bonds. The third-order valence-corrected chi connectivity index (χ3v) is 6.79. The van der Waals surface area contributed by atoms with E-state index in [9.17, 15) is 13.2 Å². The molecule has 1 fully saturated rings. The largest absolute Gasteiger partial charge is 0.312 e. The van der Waals surface area contributed by atoms with Gasteiger partial charge in [0.1, 0.15) is 0 Å². The number of anilines is 1. The van der Waals surface area contributed by atoms with Gasteiger partial charge in [-0.1, -0.05) is 12.1 Å². The molecule has 0 spiro atoms. The summed E-state index contributed by atoms with van der Waals surface area (Å²) in [4.78, 5) is 14.7. The van der Waals surface area contributed by atoms with Crippen LogP contribution in [0.4, 0.5) is 5.69 Å². The van der Waals surface area contributed by atoms with Gasteiger partial charge in [0.05, 0.1) is 4.90 Å². The van der Waals surface area contributed by atoms with Crippen LogP contribution in [0.2, 0.25) is 0 Å². The van der Waals surface area contributed by atoms with Crippen molar-refractivity contribution in [2.45, 2.75) is 24.3 Å². The summed E-state index contributed by atoms with van der Waals surface area (Å²) in [5.74, 6) is 0.0848. The molecule has 0 N–H and O–H groups in total. The van der Waals surface area contributed by atoms with E-state index in [0.717, 1.165) is 17.0 Å². The quantitative estimate of drug-likeness (QED) is 0.697. The third-order valence-electron chi connectivity index (χ3n) is 4.10. The van der Waals surface area contributed by atoms with Crippen molar-refractivity contribution in [1.29, 1.82) is 0 Å². The van der Waals surface area contributed by atoms with Crippen molar-refractivity contribution < 1.29 is 13.2 Å². The molecule has 5 nitrogen and oxygen atoms in total. The van der Waals surface area contributed by atoms with E-state index in [1.165, 1.54) is 15.6 Å². The predicted octanol–water partition coefficient (Wildman–Crippen LogP) is 3.25. The maximum Gasteiger partial charge on any atom is 0.243 e. The lowest BCUT2D eigenvalue weighted by Gasteiger charge is -2.21. The summed E-state index contributed by atoms with van der Waals surface area (Å²) in [6.07, 6.45) is 2.98. The average molecular weight is 377 g/mol. The molecule has 0 atom stereocenters. The molecule has 1 saturated heterocycles. The summed E-state index contributed by atoms with van der Waals surface area (Å²) in [6, 6.07) is 10.4. The van der Waals surface area contributed by atoms with Gasteiger partial charge >= 0.3 is 0 Å². The molecule has 1 aliphatic rings. The molecule has 2 heterocycles. The highest BCUT2D eigenvalue weighted by Gasteiger charge is 2.26. The minimum atomic E-state index is -3.63. The van der Waals surface area contributed by atoms with Crippen LogP contribution in [-0.2, 0) is 21.4 Å². The van der Waals surface area contributed by atoms with E-state index < -0.39 is 10.0 Å². The highest BCUT2D eigenvalue weighted by atomic mass is 32.2. The highest BCUT2D eigenvalue weighted by Crippen LogP contribution is 2.25. The lowest BCUT2D eigenvalue weighted by Crippen LogP contribution is -2.30. The van der Waals surface area contributed by atoms with Crippen molar-refractivity contribution in [3.05, 3.63) is 59.3 Å². The van der Waals surface area contributed by atoms with Crippen molar-refractivity contribution in [2.24, 2.45) is 0 Å². The number of nitrogens with zero attached hydrogens (tertiary/aromatic N) is 2. The first-order valence-electron chi connectivity index (χ1n) is 8.06. The number of benzene rings is 1. The molecule has 0 saturated carbocycles. The molecule has 0 bridgehead atoms. The number of rotatable bonds is 7. The van der Waals surface area contributed by atoms with E-state index in [2.05, 4.69) is 6.58 Å². The van der Waals surface area contributed by atoms with Crippen LogP contribution in [0.25, 0.3) is 0 Å². The Bertz CT molecular complexity index is 843. The van der Waals surface area contributed by atoms with Gasteiger partial charge in [0.15, 0.2) is 0 Å². The maximum absolute atomic E-state index is 12.9. The number of hydrogen-bond acceptors (Lipinski definition) is 4. The van der Waals surface area contributed by atoms with Crippen LogP contribution in [0.5, 0.6) is 0 Å². The lowest BCUT2D eigenvalue weighted by molar-refractivity contribution is -0.117. The monoisotopic (exact) mass is 376 g/mol. The predicted molar refractivity (Wildman–Crippen MR) is 100 cm³/mol. The average Bonchev–Trinajstić information content (AvgIpc) is 3.26. The molecule has 1 aliphatic heterocycles. The second-order valence-electron chi connectivity index (χ2n) is 5.81. The van der Waals surface area contributed by atoms with Crippen LogP contribution in [0, 0.1) is 0 Å². The standard InChI is InChI=1S/C18H20N2O3S2/c1-2-11-19(14-16-5-4-13-24-16)25(22,23)17-9-7-15(8-10-17)20-12-3-6-18(20)21/h2,4-5,7-10,13H,1,3,6,11-12,14H2. The summed E-state index contributed by atoms with van der Waals surface area (Å²) in [5, 5.41) is 1.93. The van der Waals surface area contributed by atoms with E-state index in [-0.39, 0.29) is 17.3 Å². The Kier molecular flexibility index (Phi) is 5.36. The topological polar surface area (TPSA) is 57.7 Å². The first-order chi connectivity index (χ1) is 12.0. The molecule has 0 unspecified atom stereocenters. The molecule has 0 aliphatic carbocycles. The molecule has 132 valence electrons. The summed E-state index contributed by atoms with van der Waals surface area (Å²) >= 11 is 1.52. The Morgan fingerprint density at radius 2 is 2.00 bits per heavy atom. The van der Waals surface area contributed by atoms with Crippen LogP contribution in [-0.4, -0.2) is 31.7 Å². The first-order valence-corrected chi connectivity index (χ1v) is 10.4. The van der Waals surface area contributed by atoms with Gasteiger partial charge in [0, 0.05) is 36.6 Å². The molecule has 7 heteroatoms. The zero-order valence-corrected chi connectivity index (χ0v) is 15.4. The lowest BCUT2D eigenvalue weighted by atomic mass is 10.3. The van der Waals surface area contributed by atoms with Crippen LogP contribution in [0.3, 0.4) is 0 Å². The zero-order chi connectivity index (χ0) is 17.9. The summed E-state index contributed by atoms with van der Waals surface area (Å²) in [5.41, 5.74) is 0.745. The van der Waals surface area contributed by atoms with Gasteiger partial charge in [0.25, 0.3) is 0 Å². The Morgan fingerprint density at radius 3 is 2.56 bits per heavy atom. The Balaban J connectivity index is 1.84. The van der Waals surface area contributed by atoms with Crippen LogP contribution in [0.1, 0.15) is 17.7 Å². The van der Waals surface area contributed by atoms with E-state index in [0.29, 0.717) is 19.5 Å². The van der Waals surface area contributed by atoms with E-state index >= 15 is 0 Å². The molecule has 3 rings (SSSR count). The van der Waals surface area contributed by atoms with Gasteiger partial charge in [-0.3, -0.25) is 4.79 Å². The molecule has 0 radical (unpaired) electrons. The van der Waals surface area contributed by atoms with Crippen LogP contribution < -0.4 is 4.90 Å². The number of thiophene rings is 1. The molecule has 2 aromatic rings. The minimum absolute atomic E-state index is 0.0848. The summed E-state index contributed by atoms with van der Waals surface area (Å²) < 4.78 is 27.3. The minimum Gasteiger partial charge on any atom is -0.312 e.